The highest BCUT2D eigenvalue weighted by molar-refractivity contribution is 5.23. The van der Waals surface area contributed by atoms with E-state index in [1.54, 1.807) is 11.0 Å². The van der Waals surface area contributed by atoms with Crippen molar-refractivity contribution in [2.45, 2.75) is 26.5 Å². The van der Waals surface area contributed by atoms with Gasteiger partial charge >= 0.3 is 0 Å². The zero-order valence-electron chi connectivity index (χ0n) is 11.7. The van der Waals surface area contributed by atoms with Gasteiger partial charge in [-0.05, 0) is 12.1 Å². The number of aromatic nitrogens is 3. The van der Waals surface area contributed by atoms with Gasteiger partial charge in [-0.25, -0.2) is 4.98 Å². The van der Waals surface area contributed by atoms with Crippen molar-refractivity contribution in [1.29, 1.82) is 0 Å². The summed E-state index contributed by atoms with van der Waals surface area (Å²) in [5, 5.41) is 14.5. The largest absolute Gasteiger partial charge is 0.460 e. The molecule has 0 spiro atoms. The Balaban J connectivity index is 2.01. The Morgan fingerprint density at radius 2 is 2.10 bits per heavy atom. The predicted molar refractivity (Wildman–Crippen MR) is 76.0 cm³/mol. The van der Waals surface area contributed by atoms with Gasteiger partial charge in [0.05, 0.1) is 6.54 Å². The number of aliphatic hydroxyl groups is 1. The second-order valence-corrected chi connectivity index (χ2v) is 5.37. The Hall–Kier alpha value is -2.14. The first-order chi connectivity index (χ1) is 9.49. The number of benzene rings is 1. The highest BCUT2D eigenvalue weighted by Crippen LogP contribution is 2.28. The van der Waals surface area contributed by atoms with Crippen molar-refractivity contribution >= 4 is 0 Å². The molecule has 0 amide bonds. The molecule has 1 unspecified atom stereocenters. The van der Waals surface area contributed by atoms with Crippen LogP contribution < -0.4 is 4.74 Å². The first-order valence-corrected chi connectivity index (χ1v) is 6.41. The minimum Gasteiger partial charge on any atom is -0.460 e. The summed E-state index contributed by atoms with van der Waals surface area (Å²) in [6.45, 7) is 8.21. The lowest BCUT2D eigenvalue weighted by molar-refractivity contribution is 0.0372. The maximum absolute atomic E-state index is 10.4. The smallest absolute Gasteiger partial charge is 0.137 e. The summed E-state index contributed by atoms with van der Waals surface area (Å²) in [5.41, 5.74) is -0.473. The molecule has 1 atom stereocenters. The molecule has 0 bridgehead atoms. The lowest BCUT2D eigenvalue weighted by Crippen LogP contribution is -2.36. The fraction of sp³-hybridized carbons (Fsp3) is 0.333. The van der Waals surface area contributed by atoms with E-state index in [4.69, 9.17) is 4.74 Å². The maximum Gasteiger partial charge on any atom is 0.137 e. The van der Waals surface area contributed by atoms with Crippen LogP contribution in [0.15, 0.2) is 55.3 Å². The quantitative estimate of drug-likeness (QED) is 0.820. The zero-order chi connectivity index (χ0) is 14.6. The molecule has 106 valence electrons. The number of para-hydroxylation sites is 1. The minimum atomic E-state index is -0.813. The van der Waals surface area contributed by atoms with Crippen LogP contribution in [0.2, 0.25) is 0 Å². The maximum atomic E-state index is 10.4. The number of aliphatic hydroxyl groups excluding tert-OH is 1. The molecular formula is C15H19N3O2. The summed E-state index contributed by atoms with van der Waals surface area (Å²) < 4.78 is 7.27. The van der Waals surface area contributed by atoms with Crippen molar-refractivity contribution in [3.63, 3.8) is 0 Å². The van der Waals surface area contributed by atoms with E-state index in [-0.39, 0.29) is 0 Å². The molecule has 5 nitrogen and oxygen atoms in total. The van der Waals surface area contributed by atoms with Gasteiger partial charge in [-0.15, -0.1) is 0 Å². The molecule has 1 aromatic carbocycles. The van der Waals surface area contributed by atoms with Crippen LogP contribution in [0.4, 0.5) is 0 Å². The lowest BCUT2D eigenvalue weighted by atomic mass is 9.85. The van der Waals surface area contributed by atoms with Gasteiger partial charge in [0.15, 0.2) is 0 Å². The van der Waals surface area contributed by atoms with Crippen LogP contribution in [-0.2, 0) is 6.54 Å². The van der Waals surface area contributed by atoms with Crippen molar-refractivity contribution < 1.29 is 9.84 Å². The average Bonchev–Trinajstić information content (AvgIpc) is 2.91. The number of rotatable bonds is 6. The van der Waals surface area contributed by atoms with Crippen molar-refractivity contribution in [3.05, 3.63) is 55.3 Å². The normalized spacial score (nSPS) is 12.9. The van der Waals surface area contributed by atoms with Gasteiger partial charge in [0.25, 0.3) is 0 Å². The summed E-state index contributed by atoms with van der Waals surface area (Å²) in [6, 6.07) is 9.29. The number of nitrogens with zero attached hydrogens (tertiary/aromatic N) is 3. The third-order valence-electron chi connectivity index (χ3n) is 3.07. The standard InChI is InChI=1S/C15H19N3O2/c1-12(20-13-7-5-4-6-8-13)14(19)15(2,3)9-18-11-16-10-17-18/h4-8,10-11,14,19H,1,9H2,2-3H3. The van der Waals surface area contributed by atoms with E-state index < -0.39 is 11.5 Å². The first-order valence-electron chi connectivity index (χ1n) is 6.41. The van der Waals surface area contributed by atoms with Crippen LogP contribution in [0, 0.1) is 5.41 Å². The summed E-state index contributed by atoms with van der Waals surface area (Å²) in [7, 11) is 0. The third-order valence-corrected chi connectivity index (χ3v) is 3.07. The Labute approximate surface area is 118 Å². The fourth-order valence-corrected chi connectivity index (χ4v) is 1.95. The molecule has 0 aliphatic carbocycles. The van der Waals surface area contributed by atoms with Crippen LogP contribution in [0.5, 0.6) is 5.75 Å². The Morgan fingerprint density at radius 1 is 1.40 bits per heavy atom. The van der Waals surface area contributed by atoms with Gasteiger partial charge in [-0.2, -0.15) is 5.10 Å². The van der Waals surface area contributed by atoms with Gasteiger partial charge in [0, 0.05) is 5.41 Å². The monoisotopic (exact) mass is 273 g/mol. The third kappa shape index (κ3) is 3.45. The minimum absolute atomic E-state index is 0.321. The Bertz CT molecular complexity index is 550. The number of hydrogen-bond donors (Lipinski definition) is 1. The first kappa shape index (κ1) is 14.3. The molecule has 0 radical (unpaired) electrons. The van der Waals surface area contributed by atoms with E-state index >= 15 is 0 Å². The van der Waals surface area contributed by atoms with Gasteiger partial charge in [-0.1, -0.05) is 38.6 Å². The summed E-state index contributed by atoms with van der Waals surface area (Å²) in [4.78, 5) is 3.89. The molecule has 0 aliphatic heterocycles. The number of hydrogen-bond acceptors (Lipinski definition) is 4. The SMILES string of the molecule is C=C(Oc1ccccc1)C(O)C(C)(C)Cn1cncn1. The van der Waals surface area contributed by atoms with E-state index in [0.29, 0.717) is 18.1 Å². The molecule has 1 aromatic heterocycles. The molecule has 0 fully saturated rings. The molecule has 2 rings (SSSR count). The predicted octanol–water partition coefficient (Wildman–Crippen LogP) is 2.26. The van der Waals surface area contributed by atoms with Crippen LogP contribution in [0.3, 0.4) is 0 Å². The molecule has 20 heavy (non-hydrogen) atoms. The van der Waals surface area contributed by atoms with Crippen molar-refractivity contribution in [3.8, 4) is 5.75 Å². The molecule has 1 heterocycles. The topological polar surface area (TPSA) is 60.2 Å². The van der Waals surface area contributed by atoms with Crippen LogP contribution in [-0.4, -0.2) is 26.0 Å². The Kier molecular flexibility index (Phi) is 4.20. The van der Waals surface area contributed by atoms with Crippen molar-refractivity contribution in [1.82, 2.24) is 14.8 Å². The van der Waals surface area contributed by atoms with Gasteiger partial charge in [0.2, 0.25) is 0 Å². The highest BCUT2D eigenvalue weighted by atomic mass is 16.5. The van der Waals surface area contributed by atoms with Crippen molar-refractivity contribution in [2.75, 3.05) is 0 Å². The number of ether oxygens (including phenoxy) is 1. The lowest BCUT2D eigenvalue weighted by Gasteiger charge is -2.31. The molecule has 0 aliphatic rings. The van der Waals surface area contributed by atoms with E-state index in [2.05, 4.69) is 16.7 Å². The van der Waals surface area contributed by atoms with E-state index in [1.807, 2.05) is 44.2 Å². The average molecular weight is 273 g/mol. The summed E-state index contributed by atoms with van der Waals surface area (Å²) >= 11 is 0. The van der Waals surface area contributed by atoms with Gasteiger partial charge < -0.3 is 9.84 Å². The van der Waals surface area contributed by atoms with Gasteiger partial charge in [-0.3, -0.25) is 4.68 Å². The van der Waals surface area contributed by atoms with E-state index in [9.17, 15) is 5.11 Å². The van der Waals surface area contributed by atoms with Crippen LogP contribution in [0.25, 0.3) is 0 Å². The second-order valence-electron chi connectivity index (χ2n) is 5.37. The molecule has 0 saturated carbocycles. The molecule has 2 aromatic rings. The van der Waals surface area contributed by atoms with Crippen LogP contribution in [0.1, 0.15) is 13.8 Å². The van der Waals surface area contributed by atoms with E-state index in [1.165, 1.54) is 6.33 Å². The van der Waals surface area contributed by atoms with Gasteiger partial charge in [0.1, 0.15) is 30.3 Å². The molecule has 5 heteroatoms. The van der Waals surface area contributed by atoms with Crippen LogP contribution >= 0.6 is 0 Å². The molecular weight excluding hydrogens is 254 g/mol. The molecule has 0 saturated heterocycles. The second kappa shape index (κ2) is 5.88. The summed E-state index contributed by atoms with van der Waals surface area (Å²) in [6.07, 6.45) is 2.28. The molecule has 1 N–H and O–H groups in total. The highest BCUT2D eigenvalue weighted by Gasteiger charge is 2.32. The fourth-order valence-electron chi connectivity index (χ4n) is 1.95. The zero-order valence-corrected chi connectivity index (χ0v) is 11.7. The van der Waals surface area contributed by atoms with E-state index in [0.717, 1.165) is 0 Å². The summed E-state index contributed by atoms with van der Waals surface area (Å²) in [5.74, 6) is 0.981. The Morgan fingerprint density at radius 3 is 2.70 bits per heavy atom. The van der Waals surface area contributed by atoms with Crippen molar-refractivity contribution in [2.24, 2.45) is 5.41 Å².